The average Bonchev–Trinajstić information content (AvgIpc) is 2.93. The van der Waals surface area contributed by atoms with E-state index < -0.39 is 23.8 Å². The number of ether oxygens (including phenoxy) is 1. The number of rotatable bonds is 4. The van der Waals surface area contributed by atoms with Crippen LogP contribution in [0, 0.1) is 0 Å². The number of carbonyl (C=O) groups is 1. The van der Waals surface area contributed by atoms with Gasteiger partial charge in [0.25, 0.3) is 0 Å². The van der Waals surface area contributed by atoms with Gasteiger partial charge in [-0.1, -0.05) is 12.1 Å². The zero-order valence-electron chi connectivity index (χ0n) is 11.6. The van der Waals surface area contributed by atoms with Crippen molar-refractivity contribution >= 4 is 5.97 Å². The highest BCUT2D eigenvalue weighted by atomic mass is 19.4. The smallest absolute Gasteiger partial charge is 0.416 e. The zero-order chi connectivity index (χ0) is 16.3. The Morgan fingerprint density at radius 3 is 2.55 bits per heavy atom. The van der Waals surface area contributed by atoms with Crippen molar-refractivity contribution in [3.8, 4) is 11.3 Å². The highest BCUT2D eigenvalue weighted by molar-refractivity contribution is 5.76. The normalized spacial score (nSPS) is 13.0. The Morgan fingerprint density at radius 2 is 2.00 bits per heavy atom. The molecule has 0 radical (unpaired) electrons. The van der Waals surface area contributed by atoms with Crippen LogP contribution in [-0.4, -0.2) is 29.3 Å². The molecule has 22 heavy (non-hydrogen) atoms. The Bertz CT molecular complexity index is 650. The van der Waals surface area contributed by atoms with E-state index in [1.807, 2.05) is 0 Å². The van der Waals surface area contributed by atoms with Gasteiger partial charge in [-0.05, 0) is 23.3 Å². The third-order valence-electron chi connectivity index (χ3n) is 3.16. The van der Waals surface area contributed by atoms with E-state index >= 15 is 0 Å². The average molecular weight is 313 g/mol. The van der Waals surface area contributed by atoms with Crippen LogP contribution in [0.5, 0.6) is 0 Å². The largest absolute Gasteiger partial charge is 0.468 e. The lowest BCUT2D eigenvalue weighted by atomic mass is 10.0. The maximum Gasteiger partial charge on any atom is 0.416 e. The Labute approximate surface area is 124 Å². The molecule has 1 aromatic carbocycles. The first kappa shape index (κ1) is 16.0. The van der Waals surface area contributed by atoms with Crippen molar-refractivity contribution < 1.29 is 22.7 Å². The molecule has 2 rings (SSSR count). The highest BCUT2D eigenvalue weighted by Gasteiger charge is 2.30. The number of nitrogens with one attached hydrogen (secondary N) is 1. The molecule has 0 saturated heterocycles. The molecule has 0 saturated carbocycles. The molecule has 1 atom stereocenters. The Morgan fingerprint density at radius 1 is 1.36 bits per heavy atom. The lowest BCUT2D eigenvalue weighted by Crippen LogP contribution is -2.33. The number of hydrogen-bond donors (Lipinski definition) is 2. The molecule has 1 heterocycles. The predicted octanol–water partition coefficient (Wildman–Crippen LogP) is 2.14. The number of carbonyl (C=O) groups excluding carboxylic acids is 1. The fourth-order valence-electron chi connectivity index (χ4n) is 2.01. The van der Waals surface area contributed by atoms with Crippen LogP contribution in [0.1, 0.15) is 11.1 Å². The van der Waals surface area contributed by atoms with Crippen molar-refractivity contribution in [1.82, 2.24) is 10.2 Å². The third kappa shape index (κ3) is 3.45. The molecular weight excluding hydrogens is 299 g/mol. The summed E-state index contributed by atoms with van der Waals surface area (Å²) in [5.41, 5.74) is 6.62. The second kappa shape index (κ2) is 6.18. The number of H-pyrrole nitrogens is 1. The molecule has 1 unspecified atom stereocenters. The number of alkyl halides is 3. The fraction of sp³-hybridized carbons (Fsp3) is 0.286. The number of halogens is 3. The van der Waals surface area contributed by atoms with Crippen LogP contribution in [0.2, 0.25) is 0 Å². The standard InChI is InChI=1S/C14H14F3N3O2/c1-22-13(21)11(18)6-9-7-19-20-12(9)8-2-4-10(5-3-8)14(15,16)17/h2-5,7,11H,6,18H2,1H3,(H,19,20). The number of methoxy groups -OCH3 is 1. The summed E-state index contributed by atoms with van der Waals surface area (Å²) >= 11 is 0. The van der Waals surface area contributed by atoms with E-state index in [4.69, 9.17) is 5.73 Å². The van der Waals surface area contributed by atoms with Crippen LogP contribution in [-0.2, 0) is 22.1 Å². The van der Waals surface area contributed by atoms with Gasteiger partial charge in [0, 0.05) is 6.42 Å². The molecule has 2 aromatic rings. The number of esters is 1. The van der Waals surface area contributed by atoms with E-state index in [1.165, 1.54) is 25.4 Å². The fourth-order valence-corrected chi connectivity index (χ4v) is 2.01. The van der Waals surface area contributed by atoms with Gasteiger partial charge in [0.15, 0.2) is 0 Å². The molecule has 0 aliphatic heterocycles. The SMILES string of the molecule is COC(=O)C(N)Cc1cn[nH]c1-c1ccc(C(F)(F)F)cc1. The first-order valence-electron chi connectivity index (χ1n) is 6.36. The van der Waals surface area contributed by atoms with E-state index in [0.717, 1.165) is 12.1 Å². The van der Waals surface area contributed by atoms with Crippen LogP contribution in [0.15, 0.2) is 30.5 Å². The summed E-state index contributed by atoms with van der Waals surface area (Å²) in [6.07, 6.45) is -2.74. The number of aromatic nitrogens is 2. The van der Waals surface area contributed by atoms with Gasteiger partial charge < -0.3 is 10.5 Å². The minimum absolute atomic E-state index is 0.166. The van der Waals surface area contributed by atoms with Crippen LogP contribution >= 0.6 is 0 Å². The molecule has 0 amide bonds. The van der Waals surface area contributed by atoms with Crippen LogP contribution < -0.4 is 5.73 Å². The monoisotopic (exact) mass is 313 g/mol. The Hall–Kier alpha value is -2.35. The van der Waals surface area contributed by atoms with E-state index in [1.54, 1.807) is 0 Å². The minimum atomic E-state index is -4.39. The molecule has 5 nitrogen and oxygen atoms in total. The van der Waals surface area contributed by atoms with Gasteiger partial charge in [-0.15, -0.1) is 0 Å². The number of nitrogens with zero attached hydrogens (tertiary/aromatic N) is 1. The number of nitrogens with two attached hydrogens (primary N) is 1. The van der Waals surface area contributed by atoms with Crippen LogP contribution in [0.3, 0.4) is 0 Å². The lowest BCUT2D eigenvalue weighted by molar-refractivity contribution is -0.142. The van der Waals surface area contributed by atoms with E-state index in [0.29, 0.717) is 16.8 Å². The van der Waals surface area contributed by atoms with Gasteiger partial charge in [0.2, 0.25) is 0 Å². The summed E-state index contributed by atoms with van der Waals surface area (Å²) in [5.74, 6) is -0.570. The maximum absolute atomic E-state index is 12.6. The summed E-state index contributed by atoms with van der Waals surface area (Å²) in [7, 11) is 1.23. The van der Waals surface area contributed by atoms with Gasteiger partial charge in [-0.3, -0.25) is 9.89 Å². The van der Waals surface area contributed by atoms with Crippen molar-refractivity contribution in [3.05, 3.63) is 41.6 Å². The topological polar surface area (TPSA) is 81.0 Å². The number of benzene rings is 1. The second-order valence-corrected chi connectivity index (χ2v) is 4.68. The predicted molar refractivity (Wildman–Crippen MR) is 72.7 cm³/mol. The number of aromatic amines is 1. The summed E-state index contributed by atoms with van der Waals surface area (Å²) in [4.78, 5) is 11.3. The highest BCUT2D eigenvalue weighted by Crippen LogP contribution is 2.31. The molecule has 1 aromatic heterocycles. The van der Waals surface area contributed by atoms with Crippen molar-refractivity contribution in [3.63, 3.8) is 0 Å². The van der Waals surface area contributed by atoms with Crippen LogP contribution in [0.25, 0.3) is 11.3 Å². The van der Waals surface area contributed by atoms with Crippen molar-refractivity contribution in [2.45, 2.75) is 18.6 Å². The zero-order valence-corrected chi connectivity index (χ0v) is 11.6. The van der Waals surface area contributed by atoms with Crippen molar-refractivity contribution in [2.75, 3.05) is 7.11 Å². The van der Waals surface area contributed by atoms with E-state index in [9.17, 15) is 18.0 Å². The molecule has 118 valence electrons. The first-order chi connectivity index (χ1) is 10.3. The van der Waals surface area contributed by atoms with Gasteiger partial charge in [-0.25, -0.2) is 0 Å². The molecule has 8 heteroatoms. The molecule has 0 bridgehead atoms. The summed E-state index contributed by atoms with van der Waals surface area (Å²) in [5, 5.41) is 6.56. The van der Waals surface area contributed by atoms with Gasteiger partial charge >= 0.3 is 12.1 Å². The van der Waals surface area contributed by atoms with Gasteiger partial charge in [-0.2, -0.15) is 18.3 Å². The van der Waals surface area contributed by atoms with Crippen LogP contribution in [0.4, 0.5) is 13.2 Å². The van der Waals surface area contributed by atoms with Gasteiger partial charge in [0.1, 0.15) is 6.04 Å². The molecule has 0 fully saturated rings. The molecule has 0 aliphatic rings. The summed E-state index contributed by atoms with van der Waals surface area (Å²) in [6.45, 7) is 0. The lowest BCUT2D eigenvalue weighted by Gasteiger charge is -2.10. The second-order valence-electron chi connectivity index (χ2n) is 4.68. The van der Waals surface area contributed by atoms with Crippen molar-refractivity contribution in [2.24, 2.45) is 5.73 Å². The minimum Gasteiger partial charge on any atom is -0.468 e. The first-order valence-corrected chi connectivity index (χ1v) is 6.36. The third-order valence-corrected chi connectivity index (χ3v) is 3.16. The van der Waals surface area contributed by atoms with E-state index in [-0.39, 0.29) is 6.42 Å². The molecular formula is C14H14F3N3O2. The maximum atomic E-state index is 12.6. The van der Waals surface area contributed by atoms with Gasteiger partial charge in [0.05, 0.1) is 24.6 Å². The number of hydrogen-bond acceptors (Lipinski definition) is 4. The molecule has 3 N–H and O–H groups in total. The Kier molecular flexibility index (Phi) is 4.51. The molecule has 0 aliphatic carbocycles. The summed E-state index contributed by atoms with van der Waals surface area (Å²) < 4.78 is 42.2. The Balaban J connectivity index is 2.24. The van der Waals surface area contributed by atoms with E-state index in [2.05, 4.69) is 14.9 Å². The quantitative estimate of drug-likeness (QED) is 0.847. The summed E-state index contributed by atoms with van der Waals surface area (Å²) in [6, 6.07) is 3.78. The van der Waals surface area contributed by atoms with Crippen molar-refractivity contribution in [1.29, 1.82) is 0 Å². The molecule has 0 spiro atoms.